The zero-order valence-corrected chi connectivity index (χ0v) is 10.00. The average Bonchev–Trinajstić information content (AvgIpc) is 2.71. The van der Waals surface area contributed by atoms with Crippen LogP contribution in [0.25, 0.3) is 6.08 Å². The van der Waals surface area contributed by atoms with Crippen LogP contribution in [0.2, 0.25) is 0 Å². The van der Waals surface area contributed by atoms with Gasteiger partial charge in [-0.15, -0.1) is 0 Å². The van der Waals surface area contributed by atoms with Gasteiger partial charge in [0.25, 0.3) is 0 Å². The van der Waals surface area contributed by atoms with Crippen LogP contribution in [0.15, 0.2) is 24.2 Å². The Balaban J connectivity index is 2.48. The maximum Gasteiger partial charge on any atom is 0.231 e. The Kier molecular flexibility index (Phi) is 1.83. The largest absolute Gasteiger partial charge is 0.454 e. The summed E-state index contributed by atoms with van der Waals surface area (Å²) >= 11 is 0. The molecule has 17 heavy (non-hydrogen) atoms. The zero-order chi connectivity index (χ0) is 16.9. The summed E-state index contributed by atoms with van der Waals surface area (Å²) in [5, 5.41) is 10.0. The summed E-state index contributed by atoms with van der Waals surface area (Å²) in [5.74, 6) is -0.440. The second-order valence-corrected chi connectivity index (χ2v) is 4.90. The van der Waals surface area contributed by atoms with E-state index in [1.807, 2.05) is 20.8 Å². The number of aliphatic hydroxyl groups excluding tert-OH is 1. The predicted molar refractivity (Wildman–Crippen MR) is 67.1 cm³/mol. The summed E-state index contributed by atoms with van der Waals surface area (Å²) in [6.07, 6.45) is 2.04. The summed E-state index contributed by atoms with van der Waals surface area (Å²) in [7, 11) is 0. The molecule has 0 amide bonds. The lowest BCUT2D eigenvalue weighted by Crippen LogP contribution is -2.23. The van der Waals surface area contributed by atoms with Gasteiger partial charge in [-0.2, -0.15) is 0 Å². The SMILES string of the molecule is [2H]c1c([2H])c2c(c([2H])c1/C=C/C(O)C(C)(C)C)OC([2H])([2H])O2. The highest BCUT2D eigenvalue weighted by Crippen LogP contribution is 2.33. The summed E-state index contributed by atoms with van der Waals surface area (Å²) in [6.45, 7) is 3.08. The zero-order valence-electron chi connectivity index (χ0n) is 15.0. The molecular weight excluding hydrogens is 216 g/mol. The molecular formula is C14H18O3. The van der Waals surface area contributed by atoms with Crippen molar-refractivity contribution < 1.29 is 21.4 Å². The molecule has 0 aliphatic carbocycles. The third-order valence-corrected chi connectivity index (χ3v) is 2.39. The quantitative estimate of drug-likeness (QED) is 0.862. The van der Waals surface area contributed by atoms with Gasteiger partial charge >= 0.3 is 0 Å². The van der Waals surface area contributed by atoms with Crippen LogP contribution in [0, 0.1) is 5.41 Å². The van der Waals surface area contributed by atoms with Gasteiger partial charge in [-0.25, -0.2) is 0 Å². The second kappa shape index (κ2) is 4.41. The highest BCUT2D eigenvalue weighted by atomic mass is 16.7. The third kappa shape index (κ3) is 2.80. The summed E-state index contributed by atoms with van der Waals surface area (Å²) in [4.78, 5) is 0. The number of fused-ring (bicyclic) bond motifs is 1. The topological polar surface area (TPSA) is 38.7 Å². The molecule has 0 radical (unpaired) electrons. The molecule has 0 bridgehead atoms. The highest BCUT2D eigenvalue weighted by Gasteiger charge is 2.19. The molecule has 0 saturated heterocycles. The fourth-order valence-corrected chi connectivity index (χ4v) is 1.20. The fourth-order valence-electron chi connectivity index (χ4n) is 1.20. The summed E-state index contributed by atoms with van der Waals surface area (Å²) < 4.78 is 48.4. The number of hydrogen-bond acceptors (Lipinski definition) is 3. The number of hydrogen-bond donors (Lipinski definition) is 1. The Hall–Kier alpha value is -1.48. The van der Waals surface area contributed by atoms with E-state index in [1.54, 1.807) is 0 Å². The molecule has 1 aromatic rings. The van der Waals surface area contributed by atoms with Gasteiger partial charge in [-0.05, 0) is 23.1 Å². The van der Waals surface area contributed by atoms with Crippen molar-refractivity contribution in [2.45, 2.75) is 26.9 Å². The van der Waals surface area contributed by atoms with E-state index < -0.39 is 18.3 Å². The standard InChI is InChI=1S/C14H18O3/c1-14(2,3)13(15)7-5-10-4-6-11-12(8-10)17-9-16-11/h4-8,13,15H,9H2,1-3H3/b7-5+/i4D,6D,8D,9D2. The van der Waals surface area contributed by atoms with Crippen LogP contribution in [0.5, 0.6) is 11.5 Å². The van der Waals surface area contributed by atoms with Crippen molar-refractivity contribution in [3.8, 4) is 11.5 Å². The van der Waals surface area contributed by atoms with Crippen molar-refractivity contribution in [1.29, 1.82) is 0 Å². The fraction of sp³-hybridized carbons (Fsp3) is 0.429. The summed E-state index contributed by atoms with van der Waals surface area (Å²) in [5.41, 5.74) is -0.327. The van der Waals surface area contributed by atoms with Crippen molar-refractivity contribution in [2.75, 3.05) is 6.75 Å². The van der Waals surface area contributed by atoms with Crippen molar-refractivity contribution in [3.63, 3.8) is 0 Å². The van der Waals surface area contributed by atoms with E-state index in [0.717, 1.165) is 0 Å². The minimum atomic E-state index is -2.45. The second-order valence-electron chi connectivity index (χ2n) is 4.90. The van der Waals surface area contributed by atoms with Gasteiger partial charge in [0.1, 0.15) is 2.74 Å². The van der Waals surface area contributed by atoms with E-state index in [9.17, 15) is 5.11 Å². The number of rotatable bonds is 2. The maximum atomic E-state index is 10.0. The first-order valence-electron chi connectivity index (χ1n) is 7.82. The first kappa shape index (κ1) is 7.07. The van der Waals surface area contributed by atoms with Crippen LogP contribution in [-0.2, 0) is 0 Å². The van der Waals surface area contributed by atoms with Crippen molar-refractivity contribution in [3.05, 3.63) is 29.8 Å². The lowest BCUT2D eigenvalue weighted by atomic mass is 9.89. The Morgan fingerprint density at radius 3 is 2.82 bits per heavy atom. The molecule has 0 aromatic heterocycles. The van der Waals surface area contributed by atoms with E-state index in [0.29, 0.717) is 0 Å². The molecule has 3 heteroatoms. The van der Waals surface area contributed by atoms with Gasteiger partial charge in [-0.1, -0.05) is 39.0 Å². The Labute approximate surface area is 109 Å². The molecule has 1 aromatic carbocycles. The first-order valence-corrected chi connectivity index (χ1v) is 5.32. The van der Waals surface area contributed by atoms with Gasteiger partial charge in [0.05, 0.1) is 10.2 Å². The Morgan fingerprint density at radius 2 is 2.12 bits per heavy atom. The van der Waals surface area contributed by atoms with Gasteiger partial charge in [-0.3, -0.25) is 0 Å². The van der Waals surface area contributed by atoms with Crippen LogP contribution < -0.4 is 9.47 Å². The molecule has 1 unspecified atom stereocenters. The van der Waals surface area contributed by atoms with Crippen LogP contribution in [0.4, 0.5) is 0 Å². The van der Waals surface area contributed by atoms with Crippen molar-refractivity contribution in [1.82, 2.24) is 0 Å². The molecule has 3 nitrogen and oxygen atoms in total. The van der Waals surface area contributed by atoms with E-state index in [4.69, 9.17) is 16.3 Å². The molecule has 0 fully saturated rings. The van der Waals surface area contributed by atoms with Crippen LogP contribution >= 0.6 is 0 Å². The Bertz CT molecular complexity index is 635. The monoisotopic (exact) mass is 239 g/mol. The minimum absolute atomic E-state index is 0.0772. The van der Waals surface area contributed by atoms with E-state index >= 15 is 0 Å². The van der Waals surface area contributed by atoms with Gasteiger partial charge in [0.15, 0.2) is 11.5 Å². The third-order valence-electron chi connectivity index (χ3n) is 2.39. The van der Waals surface area contributed by atoms with Gasteiger partial charge < -0.3 is 14.6 Å². The first-order chi connectivity index (χ1) is 9.94. The molecule has 0 spiro atoms. The van der Waals surface area contributed by atoms with Crippen LogP contribution in [0.3, 0.4) is 0 Å². The van der Waals surface area contributed by atoms with E-state index in [2.05, 4.69) is 0 Å². The predicted octanol–water partition coefficient (Wildman–Crippen LogP) is 2.84. The molecule has 1 aliphatic rings. The minimum Gasteiger partial charge on any atom is -0.454 e. The highest BCUT2D eigenvalue weighted by molar-refractivity contribution is 5.56. The lowest BCUT2D eigenvalue weighted by Gasteiger charge is -2.22. The van der Waals surface area contributed by atoms with Crippen molar-refractivity contribution in [2.24, 2.45) is 5.41 Å². The molecule has 1 aliphatic heterocycles. The smallest absolute Gasteiger partial charge is 0.231 e. The molecule has 0 saturated carbocycles. The molecule has 1 atom stereocenters. The average molecular weight is 239 g/mol. The number of ether oxygens (including phenoxy) is 2. The molecule has 2 rings (SSSR count). The van der Waals surface area contributed by atoms with E-state index in [1.165, 1.54) is 12.2 Å². The van der Waals surface area contributed by atoms with Crippen LogP contribution in [-0.4, -0.2) is 18.0 Å². The maximum absolute atomic E-state index is 10.0. The van der Waals surface area contributed by atoms with Crippen molar-refractivity contribution >= 4 is 6.08 Å². The molecule has 1 heterocycles. The number of benzene rings is 1. The van der Waals surface area contributed by atoms with Gasteiger partial charge in [0.2, 0.25) is 6.75 Å². The molecule has 1 N–H and O–H groups in total. The summed E-state index contributed by atoms with van der Waals surface area (Å²) in [6, 6.07) is -0.866. The number of aliphatic hydroxyl groups is 1. The Morgan fingerprint density at radius 1 is 1.41 bits per heavy atom. The normalized spacial score (nSPS) is 23.6. The van der Waals surface area contributed by atoms with Gasteiger partial charge in [0, 0.05) is 0 Å². The molecule has 92 valence electrons. The lowest BCUT2D eigenvalue weighted by molar-refractivity contribution is 0.106. The van der Waals surface area contributed by atoms with Crippen LogP contribution in [0.1, 0.15) is 33.2 Å². The van der Waals surface area contributed by atoms with E-state index in [-0.39, 0.29) is 35.2 Å².